The van der Waals surface area contributed by atoms with Gasteiger partial charge >= 0.3 is 0 Å². The molecule has 1 fully saturated rings. The molecule has 2 aromatic heterocycles. The van der Waals surface area contributed by atoms with Crippen LogP contribution in [0.5, 0.6) is 0 Å². The third kappa shape index (κ3) is 4.80. The lowest BCUT2D eigenvalue weighted by atomic mass is 9.88. The number of rotatable bonds is 5. The normalized spacial score (nSPS) is 21.6. The molecule has 1 saturated heterocycles. The van der Waals surface area contributed by atoms with Crippen molar-refractivity contribution in [2.75, 3.05) is 27.2 Å². The van der Waals surface area contributed by atoms with E-state index in [4.69, 9.17) is 0 Å². The Morgan fingerprint density at radius 2 is 2.27 bits per heavy atom. The predicted octanol–water partition coefficient (Wildman–Crippen LogP) is 2.59. The van der Waals surface area contributed by atoms with E-state index in [0.717, 1.165) is 24.0 Å². The monoisotopic (exact) mass is 372 g/mol. The van der Waals surface area contributed by atoms with Crippen LogP contribution >= 0.6 is 11.3 Å². The minimum Gasteiger partial charge on any atom is -0.356 e. The van der Waals surface area contributed by atoms with Gasteiger partial charge in [0, 0.05) is 30.7 Å². The van der Waals surface area contributed by atoms with E-state index in [-0.39, 0.29) is 0 Å². The van der Waals surface area contributed by atoms with Crippen molar-refractivity contribution >= 4 is 17.3 Å². The van der Waals surface area contributed by atoms with Gasteiger partial charge in [-0.2, -0.15) is 0 Å². The number of piperidine rings is 1. The summed E-state index contributed by atoms with van der Waals surface area (Å²) < 4.78 is 0. The van der Waals surface area contributed by atoms with Crippen molar-refractivity contribution in [2.24, 2.45) is 10.9 Å². The molecule has 3 rings (SSSR count). The number of hydrogen-bond donors (Lipinski definition) is 2. The highest BCUT2D eigenvalue weighted by Gasteiger charge is 2.31. The van der Waals surface area contributed by atoms with Gasteiger partial charge in [0.1, 0.15) is 5.82 Å². The Balaban J connectivity index is 1.56. The molecule has 0 bridgehead atoms. The first kappa shape index (κ1) is 18.8. The molecule has 2 N–H and O–H groups in total. The molecule has 3 heterocycles. The van der Waals surface area contributed by atoms with Crippen LogP contribution in [0.3, 0.4) is 0 Å². The number of likely N-dealkylation sites (tertiary alicyclic amines) is 1. The zero-order valence-electron chi connectivity index (χ0n) is 15.8. The summed E-state index contributed by atoms with van der Waals surface area (Å²) in [6.07, 6.45) is 4.28. The van der Waals surface area contributed by atoms with E-state index in [9.17, 15) is 0 Å². The molecule has 1 aliphatic rings. The summed E-state index contributed by atoms with van der Waals surface area (Å²) in [6, 6.07) is 6.82. The fraction of sp³-hybridized carbons (Fsp3) is 0.526. The largest absolute Gasteiger partial charge is 0.356 e. The Morgan fingerprint density at radius 1 is 1.38 bits per heavy atom. The van der Waals surface area contributed by atoms with Crippen LogP contribution < -0.4 is 10.6 Å². The summed E-state index contributed by atoms with van der Waals surface area (Å²) in [5, 5.41) is 9.03. The Labute approximate surface area is 159 Å². The van der Waals surface area contributed by atoms with Crippen molar-refractivity contribution in [1.29, 1.82) is 0 Å². The minimum atomic E-state index is 0.485. The summed E-state index contributed by atoms with van der Waals surface area (Å²) in [6.45, 7) is 4.62. The van der Waals surface area contributed by atoms with Crippen molar-refractivity contribution < 1.29 is 0 Å². The summed E-state index contributed by atoms with van der Waals surface area (Å²) in [4.78, 5) is 16.9. The molecule has 0 spiro atoms. The lowest BCUT2D eigenvalue weighted by molar-refractivity contribution is 0.125. The number of nitrogens with zero attached hydrogens (tertiary/aromatic N) is 4. The van der Waals surface area contributed by atoms with E-state index in [1.54, 1.807) is 6.20 Å². The van der Waals surface area contributed by atoms with Crippen LogP contribution in [0.25, 0.3) is 0 Å². The Bertz CT molecular complexity index is 715. The molecule has 0 aliphatic carbocycles. The number of guanidine groups is 1. The lowest BCUT2D eigenvalue weighted by Crippen LogP contribution is -2.44. The fourth-order valence-corrected chi connectivity index (χ4v) is 4.59. The van der Waals surface area contributed by atoms with E-state index in [0.29, 0.717) is 18.5 Å². The van der Waals surface area contributed by atoms with Crippen LogP contribution in [0, 0.1) is 12.8 Å². The smallest absolute Gasteiger partial charge is 0.191 e. The van der Waals surface area contributed by atoms with Gasteiger partial charge in [-0.05, 0) is 56.8 Å². The van der Waals surface area contributed by atoms with Gasteiger partial charge in [-0.3, -0.25) is 9.89 Å². The summed E-state index contributed by atoms with van der Waals surface area (Å²) in [7, 11) is 4.05. The number of aliphatic imine (C=N–C) groups is 1. The van der Waals surface area contributed by atoms with Gasteiger partial charge in [-0.1, -0.05) is 6.07 Å². The van der Waals surface area contributed by atoms with Gasteiger partial charge in [0.2, 0.25) is 0 Å². The Kier molecular flexibility index (Phi) is 6.57. The standard InChI is InChI=1S/C19H28N6S/c1-14-21-9-8-16(24-14)13-23-19(20-2)22-12-15-6-4-10-25(3)18(15)17-7-5-11-26-17/h5,7-9,11,15,18H,4,6,10,12-13H2,1-3H3,(H2,20,22,23). The third-order valence-corrected chi connectivity index (χ3v) is 5.81. The third-order valence-electron chi connectivity index (χ3n) is 4.87. The van der Waals surface area contributed by atoms with Crippen LogP contribution in [0.1, 0.15) is 35.3 Å². The fourth-order valence-electron chi connectivity index (χ4n) is 3.61. The first-order chi connectivity index (χ1) is 12.7. The van der Waals surface area contributed by atoms with Gasteiger partial charge in [0.15, 0.2) is 5.96 Å². The van der Waals surface area contributed by atoms with E-state index in [1.807, 2.05) is 31.4 Å². The molecule has 2 aromatic rings. The summed E-state index contributed by atoms with van der Waals surface area (Å²) in [5.41, 5.74) is 0.967. The second-order valence-electron chi connectivity index (χ2n) is 6.75. The van der Waals surface area contributed by atoms with E-state index in [1.165, 1.54) is 24.3 Å². The Hall–Kier alpha value is -1.99. The molecule has 140 valence electrons. The maximum Gasteiger partial charge on any atom is 0.191 e. The highest BCUT2D eigenvalue weighted by atomic mass is 32.1. The van der Waals surface area contributed by atoms with Crippen molar-refractivity contribution in [3.8, 4) is 0 Å². The van der Waals surface area contributed by atoms with Crippen LogP contribution in [0.4, 0.5) is 0 Å². The number of aryl methyl sites for hydroxylation is 1. The SMILES string of the molecule is CN=C(NCc1ccnc(C)n1)NCC1CCCN(C)C1c1cccs1. The van der Waals surface area contributed by atoms with Crippen LogP contribution in [-0.2, 0) is 6.54 Å². The molecule has 26 heavy (non-hydrogen) atoms. The van der Waals surface area contributed by atoms with Crippen molar-refractivity contribution in [2.45, 2.75) is 32.4 Å². The number of hydrogen-bond acceptors (Lipinski definition) is 5. The van der Waals surface area contributed by atoms with Gasteiger partial charge in [0.05, 0.1) is 12.2 Å². The first-order valence-corrected chi connectivity index (χ1v) is 10.0. The van der Waals surface area contributed by atoms with Crippen molar-refractivity contribution in [3.63, 3.8) is 0 Å². The molecule has 0 radical (unpaired) electrons. The predicted molar refractivity (Wildman–Crippen MR) is 107 cm³/mol. The van der Waals surface area contributed by atoms with Crippen LogP contribution in [0.2, 0.25) is 0 Å². The molecule has 0 saturated carbocycles. The van der Waals surface area contributed by atoms with Crippen LogP contribution in [-0.4, -0.2) is 48.0 Å². The highest BCUT2D eigenvalue weighted by molar-refractivity contribution is 7.10. The second kappa shape index (κ2) is 9.09. The number of thiophene rings is 1. The van der Waals surface area contributed by atoms with Crippen molar-refractivity contribution in [3.05, 3.63) is 46.2 Å². The molecule has 2 atom stereocenters. The second-order valence-corrected chi connectivity index (χ2v) is 7.72. The first-order valence-electron chi connectivity index (χ1n) is 9.14. The highest BCUT2D eigenvalue weighted by Crippen LogP contribution is 2.36. The quantitative estimate of drug-likeness (QED) is 0.624. The maximum atomic E-state index is 4.42. The molecular formula is C19H28N6S. The minimum absolute atomic E-state index is 0.485. The van der Waals surface area contributed by atoms with E-state index in [2.05, 4.69) is 55.1 Å². The maximum absolute atomic E-state index is 4.42. The zero-order valence-corrected chi connectivity index (χ0v) is 16.6. The molecule has 7 heteroatoms. The molecule has 2 unspecified atom stereocenters. The number of nitrogens with one attached hydrogen (secondary N) is 2. The van der Waals surface area contributed by atoms with E-state index >= 15 is 0 Å². The molecule has 1 aliphatic heterocycles. The molecule has 6 nitrogen and oxygen atoms in total. The zero-order chi connectivity index (χ0) is 18.4. The average Bonchev–Trinajstić information content (AvgIpc) is 3.16. The van der Waals surface area contributed by atoms with Gasteiger partial charge in [0.25, 0.3) is 0 Å². The molecule has 0 aromatic carbocycles. The van der Waals surface area contributed by atoms with E-state index < -0.39 is 0 Å². The summed E-state index contributed by atoms with van der Waals surface area (Å²) >= 11 is 1.86. The number of aromatic nitrogens is 2. The van der Waals surface area contributed by atoms with Crippen LogP contribution in [0.15, 0.2) is 34.8 Å². The van der Waals surface area contributed by atoms with Gasteiger partial charge in [-0.15, -0.1) is 11.3 Å². The topological polar surface area (TPSA) is 65.4 Å². The summed E-state index contributed by atoms with van der Waals surface area (Å²) in [5.74, 6) is 2.18. The molecular weight excluding hydrogens is 344 g/mol. The van der Waals surface area contributed by atoms with Gasteiger partial charge in [-0.25, -0.2) is 9.97 Å². The average molecular weight is 373 g/mol. The Morgan fingerprint density at radius 3 is 3.00 bits per heavy atom. The lowest BCUT2D eigenvalue weighted by Gasteiger charge is -2.39. The molecule has 0 amide bonds. The van der Waals surface area contributed by atoms with Gasteiger partial charge < -0.3 is 10.6 Å². The van der Waals surface area contributed by atoms with Crippen molar-refractivity contribution in [1.82, 2.24) is 25.5 Å².